The van der Waals surface area contributed by atoms with Crippen LogP contribution >= 0.6 is 0 Å². The quantitative estimate of drug-likeness (QED) is 0.267. The molecule has 25 heavy (non-hydrogen) atoms. The molecule has 0 unspecified atom stereocenters. The van der Waals surface area contributed by atoms with Crippen LogP contribution in [-0.4, -0.2) is 11.1 Å². The molecule has 0 fully saturated rings. The highest BCUT2D eigenvalue weighted by Gasteiger charge is 1.96. The first-order valence-electron chi connectivity index (χ1n) is 9.83. The van der Waals surface area contributed by atoms with Gasteiger partial charge in [0.15, 0.2) is 0 Å². The molecule has 1 N–H and O–H groups in total. The fraction of sp³-hybridized carbons (Fsp3) is 0.591. The van der Waals surface area contributed by atoms with Gasteiger partial charge in [0.2, 0.25) is 0 Å². The molecule has 0 amide bonds. The summed E-state index contributed by atoms with van der Waals surface area (Å²) in [4.78, 5) is 10.4. The van der Waals surface area contributed by atoms with Crippen molar-refractivity contribution in [3.8, 4) is 0 Å². The van der Waals surface area contributed by atoms with Crippen molar-refractivity contribution < 1.29 is 14.3 Å². The highest BCUT2D eigenvalue weighted by molar-refractivity contribution is 5.66. The third-order valence-corrected chi connectivity index (χ3v) is 4.24. The lowest BCUT2D eigenvalue weighted by Gasteiger charge is -1.98. The highest BCUT2D eigenvalue weighted by Crippen LogP contribution is 2.09. The lowest BCUT2D eigenvalue weighted by molar-refractivity contribution is -0.137. The molecule has 1 aromatic rings. The van der Waals surface area contributed by atoms with E-state index < -0.39 is 5.97 Å². The van der Waals surface area contributed by atoms with E-state index in [0.717, 1.165) is 44.3 Å². The minimum Gasteiger partial charge on any atom is -0.481 e. The molecular formula is C22H34O3. The van der Waals surface area contributed by atoms with Gasteiger partial charge < -0.3 is 9.52 Å². The number of unbranched alkanes of at least 4 members (excludes halogenated alkanes) is 8. The molecule has 0 aliphatic carbocycles. The number of aliphatic carboxylic acids is 1. The van der Waals surface area contributed by atoms with Crippen LogP contribution in [0, 0.1) is 0 Å². The zero-order chi connectivity index (χ0) is 18.0. The molecule has 0 saturated carbocycles. The Morgan fingerprint density at radius 1 is 0.880 bits per heavy atom. The molecule has 3 nitrogen and oxygen atoms in total. The largest absolute Gasteiger partial charge is 0.481 e. The van der Waals surface area contributed by atoms with Gasteiger partial charge in [-0.2, -0.15) is 0 Å². The molecule has 0 aromatic carbocycles. The van der Waals surface area contributed by atoms with Crippen LogP contribution in [0.5, 0.6) is 0 Å². The lowest BCUT2D eigenvalue weighted by atomic mass is 10.1. The van der Waals surface area contributed by atoms with Crippen LogP contribution in [0.15, 0.2) is 47.1 Å². The molecule has 0 radical (unpaired) electrons. The molecule has 3 heteroatoms. The minimum absolute atomic E-state index is 0.316. The summed E-state index contributed by atoms with van der Waals surface area (Å²) in [5.74, 6) is 0.422. The summed E-state index contributed by atoms with van der Waals surface area (Å²) in [6, 6.07) is 4.00. The van der Waals surface area contributed by atoms with Crippen LogP contribution in [0.25, 0.3) is 0 Å². The van der Waals surface area contributed by atoms with Gasteiger partial charge in [-0.25, -0.2) is 0 Å². The summed E-state index contributed by atoms with van der Waals surface area (Å²) in [6.07, 6.45) is 24.7. The van der Waals surface area contributed by atoms with Crippen LogP contribution in [0.4, 0.5) is 0 Å². The average Bonchev–Trinajstić information content (AvgIpc) is 3.11. The van der Waals surface area contributed by atoms with Crippen molar-refractivity contribution in [2.75, 3.05) is 0 Å². The predicted molar refractivity (Wildman–Crippen MR) is 104 cm³/mol. The normalized spacial score (nSPS) is 11.7. The Balaban J connectivity index is 1.79. The van der Waals surface area contributed by atoms with Crippen molar-refractivity contribution in [1.29, 1.82) is 0 Å². The minimum atomic E-state index is -0.676. The number of hydrogen-bond donors (Lipinski definition) is 1. The molecule has 0 spiro atoms. The Hall–Kier alpha value is -1.77. The Morgan fingerprint density at radius 2 is 1.52 bits per heavy atom. The van der Waals surface area contributed by atoms with Crippen LogP contribution in [0.2, 0.25) is 0 Å². The Bertz CT molecular complexity index is 471. The van der Waals surface area contributed by atoms with Gasteiger partial charge in [0.05, 0.1) is 6.26 Å². The first-order chi connectivity index (χ1) is 12.3. The van der Waals surface area contributed by atoms with Crippen LogP contribution in [-0.2, 0) is 11.2 Å². The van der Waals surface area contributed by atoms with E-state index in [1.165, 1.54) is 38.5 Å². The number of hydrogen-bond acceptors (Lipinski definition) is 2. The van der Waals surface area contributed by atoms with E-state index in [0.29, 0.717) is 6.42 Å². The van der Waals surface area contributed by atoms with Crippen molar-refractivity contribution in [2.45, 2.75) is 83.5 Å². The summed E-state index contributed by atoms with van der Waals surface area (Å²) < 4.78 is 5.32. The standard InChI is InChI=1S/C22H34O3/c23-22(24)19-15-13-11-9-7-5-3-1-2-4-6-8-10-12-14-17-21-18-16-20-25-21/h1,3-4,6,16,18,20H,2,5,7-15,17,19H2,(H,23,24)/b3-1-,6-4-. The van der Waals surface area contributed by atoms with Gasteiger partial charge in [-0.3, -0.25) is 4.79 Å². The number of furan rings is 1. The monoisotopic (exact) mass is 346 g/mol. The smallest absolute Gasteiger partial charge is 0.303 e. The van der Waals surface area contributed by atoms with Gasteiger partial charge in [-0.15, -0.1) is 0 Å². The zero-order valence-electron chi connectivity index (χ0n) is 15.5. The predicted octanol–water partition coefficient (Wildman–Crippen LogP) is 6.70. The second-order valence-electron chi connectivity index (χ2n) is 6.56. The second-order valence-corrected chi connectivity index (χ2v) is 6.56. The number of allylic oxidation sites excluding steroid dienone is 4. The van der Waals surface area contributed by atoms with Crippen molar-refractivity contribution in [3.05, 3.63) is 48.5 Å². The zero-order valence-corrected chi connectivity index (χ0v) is 15.5. The SMILES string of the molecule is O=C(O)CCCCCCC/C=C\C/C=C\CCCCCc1ccco1. The van der Waals surface area contributed by atoms with E-state index in [1.807, 2.05) is 12.1 Å². The van der Waals surface area contributed by atoms with Crippen molar-refractivity contribution in [2.24, 2.45) is 0 Å². The maximum absolute atomic E-state index is 10.4. The Morgan fingerprint density at radius 3 is 2.16 bits per heavy atom. The van der Waals surface area contributed by atoms with Crippen LogP contribution < -0.4 is 0 Å². The van der Waals surface area contributed by atoms with E-state index in [4.69, 9.17) is 9.52 Å². The molecule has 0 aliphatic heterocycles. The fourth-order valence-corrected chi connectivity index (χ4v) is 2.77. The van der Waals surface area contributed by atoms with E-state index in [2.05, 4.69) is 24.3 Å². The molecule has 140 valence electrons. The number of carboxylic acids is 1. The van der Waals surface area contributed by atoms with Gasteiger partial charge in [0.1, 0.15) is 5.76 Å². The van der Waals surface area contributed by atoms with Crippen molar-refractivity contribution >= 4 is 5.97 Å². The molecule has 0 aliphatic rings. The van der Waals surface area contributed by atoms with Crippen molar-refractivity contribution in [1.82, 2.24) is 0 Å². The first-order valence-corrected chi connectivity index (χ1v) is 9.83. The van der Waals surface area contributed by atoms with Crippen molar-refractivity contribution in [3.63, 3.8) is 0 Å². The maximum atomic E-state index is 10.4. The van der Waals surface area contributed by atoms with E-state index >= 15 is 0 Å². The molecule has 0 atom stereocenters. The first kappa shape index (κ1) is 21.3. The van der Waals surface area contributed by atoms with Crippen LogP contribution in [0.3, 0.4) is 0 Å². The fourth-order valence-electron chi connectivity index (χ4n) is 2.77. The lowest BCUT2D eigenvalue weighted by Crippen LogP contribution is -1.93. The molecule has 0 saturated heterocycles. The van der Waals surface area contributed by atoms with Gasteiger partial charge >= 0.3 is 5.97 Å². The Kier molecular flexibility index (Phi) is 13.4. The van der Waals surface area contributed by atoms with Crippen LogP contribution in [0.1, 0.15) is 82.8 Å². The summed E-state index contributed by atoms with van der Waals surface area (Å²) in [7, 11) is 0. The van der Waals surface area contributed by atoms with Gasteiger partial charge in [0, 0.05) is 12.8 Å². The third-order valence-electron chi connectivity index (χ3n) is 4.24. The maximum Gasteiger partial charge on any atom is 0.303 e. The molecule has 0 bridgehead atoms. The van der Waals surface area contributed by atoms with Gasteiger partial charge in [0.25, 0.3) is 0 Å². The number of carboxylic acid groups (broad SMARTS) is 1. The van der Waals surface area contributed by atoms with E-state index in [-0.39, 0.29) is 0 Å². The summed E-state index contributed by atoms with van der Waals surface area (Å²) in [5.41, 5.74) is 0. The number of aryl methyl sites for hydroxylation is 1. The van der Waals surface area contributed by atoms with Gasteiger partial charge in [-0.05, 0) is 57.1 Å². The second kappa shape index (κ2) is 15.7. The molecule has 1 rings (SSSR count). The summed E-state index contributed by atoms with van der Waals surface area (Å²) in [6.45, 7) is 0. The summed E-state index contributed by atoms with van der Waals surface area (Å²) in [5, 5.41) is 8.55. The number of carbonyl (C=O) groups is 1. The molecule has 1 heterocycles. The number of rotatable bonds is 16. The van der Waals surface area contributed by atoms with E-state index in [9.17, 15) is 4.79 Å². The Labute approximate surface area is 152 Å². The third kappa shape index (κ3) is 14.3. The summed E-state index contributed by atoms with van der Waals surface area (Å²) >= 11 is 0. The van der Waals surface area contributed by atoms with Gasteiger partial charge in [-0.1, -0.05) is 50.0 Å². The molecular weight excluding hydrogens is 312 g/mol. The topological polar surface area (TPSA) is 50.4 Å². The average molecular weight is 347 g/mol. The molecule has 1 aromatic heterocycles. The highest BCUT2D eigenvalue weighted by atomic mass is 16.4. The van der Waals surface area contributed by atoms with E-state index in [1.54, 1.807) is 6.26 Å².